The quantitative estimate of drug-likeness (QED) is 0.160. The lowest BCUT2D eigenvalue weighted by Crippen LogP contribution is -2.31. The maximum absolute atomic E-state index is 15.5. The van der Waals surface area contributed by atoms with Gasteiger partial charge in [0.2, 0.25) is 0 Å². The van der Waals surface area contributed by atoms with Crippen molar-refractivity contribution < 1.29 is 28.9 Å². The van der Waals surface area contributed by atoms with E-state index in [1.165, 1.54) is 13.2 Å². The van der Waals surface area contributed by atoms with Crippen LogP contribution in [0.15, 0.2) is 54.6 Å². The van der Waals surface area contributed by atoms with Crippen molar-refractivity contribution in [2.45, 2.75) is 44.5 Å². The highest BCUT2D eigenvalue weighted by Crippen LogP contribution is 2.43. The van der Waals surface area contributed by atoms with E-state index in [9.17, 15) is 14.7 Å². The molecule has 2 atom stereocenters. The molecule has 1 saturated heterocycles. The molecule has 2 aliphatic heterocycles. The van der Waals surface area contributed by atoms with Crippen LogP contribution < -0.4 is 15.4 Å². The highest BCUT2D eigenvalue weighted by molar-refractivity contribution is 6.39. The summed E-state index contributed by atoms with van der Waals surface area (Å²) in [5.74, 6) is -1.47. The molecule has 6 rings (SSSR count). The molecule has 2 aliphatic rings. The van der Waals surface area contributed by atoms with E-state index in [2.05, 4.69) is 15.7 Å². The molecule has 3 aromatic carbocycles. The number of nitrogens with one attached hydrogen (secondary N) is 2. The van der Waals surface area contributed by atoms with Crippen LogP contribution in [0.2, 0.25) is 10.0 Å². The highest BCUT2D eigenvalue weighted by atomic mass is 35.5. The van der Waals surface area contributed by atoms with Crippen molar-refractivity contribution in [3.05, 3.63) is 87.4 Å². The van der Waals surface area contributed by atoms with Crippen LogP contribution in [-0.2, 0) is 17.9 Å². The maximum atomic E-state index is 15.5. The standard InChI is InChI=1S/C34H34Cl2FN5O5/c1-47-30-14-19(13-25(37)24(30)18-41-12-10-20(43)17-41)21-5-2-6-22(32(21)35)23-7-3-8-27(33(23)36)39-34(46)28-15-29-26(38-16-31(44)45)9-4-11-42(29)40-28/h2-3,5-8,13-15,20,26,38,43H,4,9-12,16-18H2,1H3,(H,39,46)(H,44,45)/t20-,26-/m1/s1. The Balaban J connectivity index is 1.25. The summed E-state index contributed by atoms with van der Waals surface area (Å²) < 4.78 is 22.8. The lowest BCUT2D eigenvalue weighted by Gasteiger charge is -2.23. The van der Waals surface area contributed by atoms with Gasteiger partial charge in [0.25, 0.3) is 5.91 Å². The molecule has 0 bridgehead atoms. The first kappa shape index (κ1) is 32.9. The van der Waals surface area contributed by atoms with Crippen LogP contribution in [0.1, 0.15) is 47.1 Å². The van der Waals surface area contributed by atoms with Crippen LogP contribution >= 0.6 is 23.2 Å². The molecule has 0 radical (unpaired) electrons. The van der Waals surface area contributed by atoms with Gasteiger partial charge >= 0.3 is 5.97 Å². The number of rotatable bonds is 10. The van der Waals surface area contributed by atoms with Crippen LogP contribution in [0.25, 0.3) is 22.3 Å². The number of aliphatic carboxylic acids is 1. The molecule has 0 spiro atoms. The van der Waals surface area contributed by atoms with Crippen molar-refractivity contribution in [3.8, 4) is 28.0 Å². The fourth-order valence-corrected chi connectivity index (χ4v) is 6.89. The van der Waals surface area contributed by atoms with E-state index >= 15 is 4.39 Å². The Morgan fingerprint density at radius 3 is 2.51 bits per heavy atom. The van der Waals surface area contributed by atoms with E-state index in [1.807, 2.05) is 4.90 Å². The first-order valence-corrected chi connectivity index (χ1v) is 16.1. The Hall–Kier alpha value is -4.00. The first-order chi connectivity index (χ1) is 22.6. The molecule has 13 heteroatoms. The number of carboxylic acid groups (broad SMARTS) is 1. The zero-order chi connectivity index (χ0) is 33.2. The summed E-state index contributed by atoms with van der Waals surface area (Å²) >= 11 is 13.8. The number of benzene rings is 3. The molecule has 0 saturated carbocycles. The second kappa shape index (κ2) is 14.0. The Labute approximate surface area is 281 Å². The van der Waals surface area contributed by atoms with E-state index in [1.54, 1.807) is 53.2 Å². The number of carbonyl (C=O) groups is 2. The molecule has 1 aromatic heterocycles. The smallest absolute Gasteiger partial charge is 0.317 e. The van der Waals surface area contributed by atoms with Crippen LogP contribution in [0, 0.1) is 5.82 Å². The number of likely N-dealkylation sites (tertiary alicyclic amines) is 1. The zero-order valence-corrected chi connectivity index (χ0v) is 27.1. The van der Waals surface area contributed by atoms with Crippen molar-refractivity contribution in [2.24, 2.45) is 0 Å². The molecule has 1 fully saturated rings. The van der Waals surface area contributed by atoms with E-state index in [4.69, 9.17) is 33.0 Å². The number of hydrogen-bond acceptors (Lipinski definition) is 7. The van der Waals surface area contributed by atoms with Gasteiger partial charge in [-0.05, 0) is 49.1 Å². The Morgan fingerprint density at radius 1 is 1.04 bits per heavy atom. The average Bonchev–Trinajstić information content (AvgIpc) is 3.68. The van der Waals surface area contributed by atoms with Gasteiger partial charge in [-0.15, -0.1) is 0 Å². The summed E-state index contributed by atoms with van der Waals surface area (Å²) in [6, 6.07) is 15.2. The molecule has 3 heterocycles. The number of anilines is 1. The van der Waals surface area contributed by atoms with Gasteiger partial charge in [0.1, 0.15) is 11.6 Å². The molecule has 0 aliphatic carbocycles. The van der Waals surface area contributed by atoms with Gasteiger partial charge in [0.15, 0.2) is 5.69 Å². The van der Waals surface area contributed by atoms with Gasteiger partial charge < -0.3 is 20.3 Å². The topological polar surface area (TPSA) is 129 Å². The Bertz CT molecular complexity index is 1830. The molecular formula is C34H34Cl2FN5O5. The molecule has 4 aromatic rings. The van der Waals surface area contributed by atoms with Crippen LogP contribution in [-0.4, -0.2) is 69.6 Å². The van der Waals surface area contributed by atoms with E-state index in [0.717, 1.165) is 18.5 Å². The second-order valence-electron chi connectivity index (χ2n) is 11.8. The molecule has 4 N–H and O–H groups in total. The number of amides is 1. The average molecular weight is 683 g/mol. The zero-order valence-electron chi connectivity index (χ0n) is 25.6. The number of carboxylic acids is 1. The van der Waals surface area contributed by atoms with Crippen molar-refractivity contribution in [1.82, 2.24) is 20.0 Å². The largest absolute Gasteiger partial charge is 0.496 e. The first-order valence-electron chi connectivity index (χ1n) is 15.3. The predicted molar refractivity (Wildman–Crippen MR) is 178 cm³/mol. The van der Waals surface area contributed by atoms with E-state index in [0.29, 0.717) is 76.9 Å². The summed E-state index contributed by atoms with van der Waals surface area (Å²) in [5.41, 5.74) is 3.95. The minimum absolute atomic E-state index is 0.186. The number of carbonyl (C=O) groups excluding carboxylic acids is 1. The number of halogens is 3. The summed E-state index contributed by atoms with van der Waals surface area (Å²) in [6.07, 6.45) is 1.77. The molecule has 47 heavy (non-hydrogen) atoms. The third kappa shape index (κ3) is 7.00. The lowest BCUT2D eigenvalue weighted by molar-refractivity contribution is -0.136. The fraction of sp³-hybridized carbons (Fsp3) is 0.324. The number of aliphatic hydroxyl groups is 1. The van der Waals surface area contributed by atoms with Crippen molar-refractivity contribution in [3.63, 3.8) is 0 Å². The molecular weight excluding hydrogens is 648 g/mol. The monoisotopic (exact) mass is 681 g/mol. The minimum atomic E-state index is -0.959. The molecule has 246 valence electrons. The summed E-state index contributed by atoms with van der Waals surface area (Å²) in [4.78, 5) is 26.4. The van der Waals surface area contributed by atoms with Crippen molar-refractivity contribution >= 4 is 40.8 Å². The predicted octanol–water partition coefficient (Wildman–Crippen LogP) is 6.00. The number of aryl methyl sites for hydroxylation is 1. The summed E-state index contributed by atoms with van der Waals surface area (Å²) in [7, 11) is 1.49. The SMILES string of the molecule is COc1cc(-c2cccc(-c3cccc(NC(=O)c4cc5n(n4)CCC[C@H]5NCC(=O)O)c3Cl)c2Cl)cc(F)c1CN1CC[C@@H](O)C1. The Kier molecular flexibility index (Phi) is 9.81. The number of methoxy groups -OCH3 is 1. The van der Waals surface area contributed by atoms with Gasteiger partial charge in [-0.3, -0.25) is 24.5 Å². The van der Waals surface area contributed by atoms with Crippen molar-refractivity contribution in [1.29, 1.82) is 0 Å². The fourth-order valence-electron chi connectivity index (χ4n) is 6.28. The normalized spacial score (nSPS) is 17.8. The van der Waals surface area contributed by atoms with Gasteiger partial charge in [-0.2, -0.15) is 5.10 Å². The van der Waals surface area contributed by atoms with Gasteiger partial charge in [-0.25, -0.2) is 4.39 Å². The van der Waals surface area contributed by atoms with E-state index in [-0.39, 0.29) is 23.3 Å². The number of β-amino-alcohol motifs (C(OH)–C–C–N with tert-alkyl or cyclic N) is 1. The highest BCUT2D eigenvalue weighted by Gasteiger charge is 2.26. The molecule has 0 unspecified atom stereocenters. The molecule has 10 nitrogen and oxygen atoms in total. The second-order valence-corrected chi connectivity index (χ2v) is 12.5. The van der Waals surface area contributed by atoms with Crippen LogP contribution in [0.3, 0.4) is 0 Å². The Morgan fingerprint density at radius 2 is 1.79 bits per heavy atom. The molecule has 1 amide bonds. The maximum Gasteiger partial charge on any atom is 0.317 e. The van der Waals surface area contributed by atoms with E-state index < -0.39 is 23.8 Å². The minimum Gasteiger partial charge on any atom is -0.496 e. The number of nitrogens with zero attached hydrogens (tertiary/aromatic N) is 3. The third-order valence-corrected chi connectivity index (χ3v) is 9.43. The lowest BCUT2D eigenvalue weighted by atomic mass is 9.97. The number of aliphatic hydroxyl groups excluding tert-OH is 1. The number of fused-ring (bicyclic) bond motifs is 1. The summed E-state index contributed by atoms with van der Waals surface area (Å²) in [5, 5.41) is 29.9. The van der Waals surface area contributed by atoms with Gasteiger partial charge in [0.05, 0.1) is 41.2 Å². The van der Waals surface area contributed by atoms with Gasteiger partial charge in [0, 0.05) is 54.5 Å². The van der Waals surface area contributed by atoms with Crippen LogP contribution in [0.4, 0.5) is 10.1 Å². The van der Waals surface area contributed by atoms with Gasteiger partial charge in [-0.1, -0.05) is 53.5 Å². The van der Waals surface area contributed by atoms with Crippen molar-refractivity contribution in [2.75, 3.05) is 32.1 Å². The third-order valence-electron chi connectivity index (χ3n) is 8.61. The number of hydrogen-bond donors (Lipinski definition) is 4. The summed E-state index contributed by atoms with van der Waals surface area (Å²) in [6.45, 7) is 1.91. The number of aromatic nitrogens is 2. The van der Waals surface area contributed by atoms with Crippen LogP contribution in [0.5, 0.6) is 5.75 Å². The number of ether oxygens (including phenoxy) is 1.